The molecule has 36 heavy (non-hydrogen) atoms. The summed E-state index contributed by atoms with van der Waals surface area (Å²) in [5.41, 5.74) is -4.23. The summed E-state index contributed by atoms with van der Waals surface area (Å²) in [4.78, 5) is 13.7. The molecular formula is C26H42O10. The summed E-state index contributed by atoms with van der Waals surface area (Å²) >= 11 is 0. The Labute approximate surface area is 211 Å². The predicted molar refractivity (Wildman–Crippen MR) is 124 cm³/mol. The average Bonchev–Trinajstić information content (AvgIpc) is 2.99. The van der Waals surface area contributed by atoms with Crippen LogP contribution in [-0.2, 0) is 14.3 Å². The highest BCUT2D eigenvalue weighted by molar-refractivity contribution is 5.77. The first-order valence-electron chi connectivity index (χ1n) is 13.4. The minimum atomic E-state index is -1.65. The Hall–Kier alpha value is -0.850. The van der Waals surface area contributed by atoms with E-state index in [4.69, 9.17) is 9.47 Å². The molecule has 10 heteroatoms. The normalized spacial score (nSPS) is 56.5. The average molecular weight is 515 g/mol. The van der Waals surface area contributed by atoms with Gasteiger partial charge in [-0.15, -0.1) is 0 Å². The van der Waals surface area contributed by atoms with E-state index in [-0.39, 0.29) is 22.7 Å². The lowest BCUT2D eigenvalue weighted by Crippen LogP contribution is -2.62. The van der Waals surface area contributed by atoms with Gasteiger partial charge in [-0.2, -0.15) is 0 Å². The van der Waals surface area contributed by atoms with Gasteiger partial charge in [-0.05, 0) is 81.0 Å². The van der Waals surface area contributed by atoms with Crippen molar-refractivity contribution in [1.82, 2.24) is 0 Å². The fourth-order valence-electron chi connectivity index (χ4n) is 9.46. The third-order valence-electron chi connectivity index (χ3n) is 11.2. The molecule has 1 unspecified atom stereocenters. The van der Waals surface area contributed by atoms with Crippen LogP contribution < -0.4 is 0 Å². The van der Waals surface area contributed by atoms with Crippen LogP contribution in [-0.4, -0.2) is 96.8 Å². The zero-order valence-electron chi connectivity index (χ0n) is 21.2. The van der Waals surface area contributed by atoms with Gasteiger partial charge in [0, 0.05) is 0 Å². The van der Waals surface area contributed by atoms with Crippen molar-refractivity contribution in [2.45, 2.75) is 114 Å². The van der Waals surface area contributed by atoms with Gasteiger partial charge in [0.2, 0.25) is 6.29 Å². The van der Waals surface area contributed by atoms with Crippen molar-refractivity contribution in [2.75, 3.05) is 13.2 Å². The molecule has 10 nitrogen and oxygen atoms in total. The Bertz CT molecular complexity index is 881. The number of hydrogen-bond donors (Lipinski definition) is 7. The number of fused-ring (bicyclic) bond motifs is 3. The van der Waals surface area contributed by atoms with Crippen LogP contribution in [0.1, 0.15) is 71.6 Å². The minimum Gasteiger partial charge on any atom is -0.432 e. The van der Waals surface area contributed by atoms with Crippen LogP contribution in [0.15, 0.2) is 0 Å². The van der Waals surface area contributed by atoms with E-state index in [1.54, 1.807) is 0 Å². The second-order valence-corrected chi connectivity index (χ2v) is 13.0. The molecule has 206 valence electrons. The van der Waals surface area contributed by atoms with Crippen molar-refractivity contribution in [1.29, 1.82) is 0 Å². The highest BCUT2D eigenvalue weighted by atomic mass is 16.7. The molecule has 5 fully saturated rings. The SMILES string of the molecule is C[C@@]12CCC[C@@](C)(C(=O)O[C@H]3O[C@@H](CO)[C@H](O)[C@@H](O)[C@@H]3O)[C@H]1CCC13C[C@](O)(CO)[C@](O)(CC[C@H]12)C3. The Morgan fingerprint density at radius 3 is 2.28 bits per heavy atom. The maximum Gasteiger partial charge on any atom is 0.314 e. The third-order valence-corrected chi connectivity index (χ3v) is 11.2. The lowest BCUT2D eigenvalue weighted by molar-refractivity contribution is -0.298. The first-order valence-corrected chi connectivity index (χ1v) is 13.4. The number of ether oxygens (including phenoxy) is 2. The zero-order valence-corrected chi connectivity index (χ0v) is 21.2. The molecule has 0 radical (unpaired) electrons. The second-order valence-electron chi connectivity index (χ2n) is 13.0. The molecule has 5 rings (SSSR count). The van der Waals surface area contributed by atoms with Gasteiger partial charge < -0.3 is 45.2 Å². The van der Waals surface area contributed by atoms with Gasteiger partial charge in [0.1, 0.15) is 30.0 Å². The van der Waals surface area contributed by atoms with Gasteiger partial charge >= 0.3 is 5.97 Å². The van der Waals surface area contributed by atoms with Crippen molar-refractivity contribution in [2.24, 2.45) is 28.1 Å². The molecule has 2 bridgehead atoms. The number of aliphatic hydroxyl groups excluding tert-OH is 5. The number of esters is 1. The zero-order chi connectivity index (χ0) is 26.3. The number of carbonyl (C=O) groups excluding carboxylic acids is 1. The quantitative estimate of drug-likeness (QED) is 0.244. The lowest BCUT2D eigenvalue weighted by atomic mass is 9.41. The molecular weight excluding hydrogens is 472 g/mol. The summed E-state index contributed by atoms with van der Waals surface area (Å²) in [5.74, 6) is -0.408. The van der Waals surface area contributed by atoms with E-state index in [2.05, 4.69) is 6.92 Å². The van der Waals surface area contributed by atoms with E-state index in [9.17, 15) is 40.5 Å². The van der Waals surface area contributed by atoms with Crippen molar-refractivity contribution < 1.29 is 50.0 Å². The fraction of sp³-hybridized carbons (Fsp3) is 0.962. The largest absolute Gasteiger partial charge is 0.432 e. The molecule has 0 aromatic heterocycles. The van der Waals surface area contributed by atoms with E-state index in [1.807, 2.05) is 6.92 Å². The van der Waals surface area contributed by atoms with E-state index >= 15 is 0 Å². The van der Waals surface area contributed by atoms with Gasteiger partial charge in [-0.1, -0.05) is 13.3 Å². The molecule has 0 aromatic carbocycles. The molecule has 0 amide bonds. The molecule has 0 aromatic rings. The Morgan fingerprint density at radius 1 is 0.917 bits per heavy atom. The molecule has 1 spiro atoms. The Kier molecular flexibility index (Phi) is 6.37. The summed E-state index contributed by atoms with van der Waals surface area (Å²) in [6.07, 6.45) is -1.83. The highest BCUT2D eigenvalue weighted by Crippen LogP contribution is 2.73. The monoisotopic (exact) mass is 514 g/mol. The fourth-order valence-corrected chi connectivity index (χ4v) is 9.46. The third kappa shape index (κ3) is 3.49. The smallest absolute Gasteiger partial charge is 0.314 e. The van der Waals surface area contributed by atoms with Crippen LogP contribution in [0.25, 0.3) is 0 Å². The molecule has 7 N–H and O–H groups in total. The van der Waals surface area contributed by atoms with E-state index in [1.165, 1.54) is 0 Å². The van der Waals surface area contributed by atoms with Gasteiger partial charge in [0.05, 0.1) is 24.2 Å². The van der Waals surface area contributed by atoms with Gasteiger partial charge in [0.25, 0.3) is 0 Å². The Balaban J connectivity index is 1.39. The molecule has 1 heterocycles. The van der Waals surface area contributed by atoms with Gasteiger partial charge in [-0.3, -0.25) is 4.79 Å². The van der Waals surface area contributed by atoms with Crippen LogP contribution in [0.5, 0.6) is 0 Å². The lowest BCUT2D eigenvalue weighted by Gasteiger charge is -2.63. The van der Waals surface area contributed by atoms with Crippen LogP contribution in [0, 0.1) is 28.1 Å². The van der Waals surface area contributed by atoms with E-state index < -0.39 is 66.5 Å². The summed E-state index contributed by atoms with van der Waals surface area (Å²) in [7, 11) is 0. The van der Waals surface area contributed by atoms with Gasteiger partial charge in [0.15, 0.2) is 0 Å². The number of carbonyl (C=O) groups is 1. The first-order chi connectivity index (χ1) is 16.8. The highest BCUT2D eigenvalue weighted by Gasteiger charge is 2.72. The van der Waals surface area contributed by atoms with E-state index in [0.29, 0.717) is 38.5 Å². The van der Waals surface area contributed by atoms with Crippen LogP contribution >= 0.6 is 0 Å². The maximum absolute atomic E-state index is 13.7. The van der Waals surface area contributed by atoms with Crippen LogP contribution in [0.4, 0.5) is 0 Å². The van der Waals surface area contributed by atoms with Crippen LogP contribution in [0.2, 0.25) is 0 Å². The number of aliphatic hydroxyl groups is 7. The predicted octanol–water partition coefficient (Wildman–Crippen LogP) is -0.419. The molecule has 4 saturated carbocycles. The van der Waals surface area contributed by atoms with E-state index in [0.717, 1.165) is 19.3 Å². The summed E-state index contributed by atoms with van der Waals surface area (Å²) in [6, 6.07) is 0. The maximum atomic E-state index is 13.7. The molecule has 5 aliphatic rings. The number of rotatable bonds is 4. The minimum absolute atomic E-state index is 0.0410. The molecule has 4 aliphatic carbocycles. The molecule has 1 aliphatic heterocycles. The topological polar surface area (TPSA) is 177 Å². The van der Waals surface area contributed by atoms with Crippen molar-refractivity contribution in [3.8, 4) is 0 Å². The number of hydrogen-bond acceptors (Lipinski definition) is 10. The van der Waals surface area contributed by atoms with Crippen molar-refractivity contribution in [3.63, 3.8) is 0 Å². The summed E-state index contributed by atoms with van der Waals surface area (Å²) in [5, 5.41) is 72.4. The van der Waals surface area contributed by atoms with Crippen LogP contribution in [0.3, 0.4) is 0 Å². The Morgan fingerprint density at radius 2 is 1.61 bits per heavy atom. The van der Waals surface area contributed by atoms with Gasteiger partial charge in [-0.25, -0.2) is 0 Å². The summed E-state index contributed by atoms with van der Waals surface area (Å²) in [6.45, 7) is 3.02. The second kappa shape index (κ2) is 8.58. The molecule has 12 atom stereocenters. The first kappa shape index (κ1) is 26.7. The van der Waals surface area contributed by atoms with Crippen molar-refractivity contribution in [3.05, 3.63) is 0 Å². The molecule has 1 saturated heterocycles. The standard InChI is InChI=1S/C26H42O10/c1-22-6-3-7-23(2,21(32)36-20-19(31)18(30)17(29)14(10-27)35-20)15(22)4-8-24-11-25(33,9-5-16(22)24)26(34,12-24)13-28/h14-20,27-31,33-34H,3-13H2,1-2H3/t14-,15-,16-,17-,18+,19-,20+,22+,23+,24?,25-,26-/m0/s1. The van der Waals surface area contributed by atoms with Crippen molar-refractivity contribution >= 4 is 5.97 Å². The summed E-state index contributed by atoms with van der Waals surface area (Å²) < 4.78 is 11.1.